The molecule has 4 N–H and O–H groups in total. The Morgan fingerprint density at radius 3 is 2.57 bits per heavy atom. The van der Waals surface area contributed by atoms with Gasteiger partial charge < -0.3 is 11.5 Å². The van der Waals surface area contributed by atoms with Crippen LogP contribution in [0.5, 0.6) is 0 Å². The molecule has 0 saturated carbocycles. The van der Waals surface area contributed by atoms with E-state index in [2.05, 4.69) is 4.99 Å². The first-order chi connectivity index (χ1) is 6.09. The van der Waals surface area contributed by atoms with Gasteiger partial charge in [0.1, 0.15) is 5.82 Å². The van der Waals surface area contributed by atoms with Crippen molar-refractivity contribution in [3.05, 3.63) is 35.1 Å². The Labute approximate surface area is 88.4 Å². The van der Waals surface area contributed by atoms with Crippen LogP contribution in [-0.4, -0.2) is 5.96 Å². The maximum Gasteiger partial charge on any atom is 0.186 e. The number of rotatable bonds is 2. The number of guanidine groups is 1. The zero-order chi connectivity index (χ0) is 9.84. The molecular weight excluding hydrogens is 205 g/mol. The van der Waals surface area contributed by atoms with Gasteiger partial charge in [0.2, 0.25) is 0 Å². The summed E-state index contributed by atoms with van der Waals surface area (Å²) >= 11 is 0. The van der Waals surface area contributed by atoms with Gasteiger partial charge in [0.15, 0.2) is 5.96 Å². The van der Waals surface area contributed by atoms with Crippen LogP contribution in [0.1, 0.15) is 11.1 Å². The Hall–Kier alpha value is -1.29. The maximum absolute atomic E-state index is 13.1. The molecule has 5 heteroatoms. The smallest absolute Gasteiger partial charge is 0.186 e. The highest BCUT2D eigenvalue weighted by atomic mass is 35.5. The molecule has 0 aromatic heterocycles. The molecule has 0 heterocycles. The molecule has 0 amide bonds. The summed E-state index contributed by atoms with van der Waals surface area (Å²) < 4.78 is 13.1. The molecule has 0 radical (unpaired) electrons. The van der Waals surface area contributed by atoms with E-state index in [-0.39, 0.29) is 30.7 Å². The highest BCUT2D eigenvalue weighted by Crippen LogP contribution is 2.10. The number of benzene rings is 1. The standard InChI is InChI=1S/C9H12FN3.ClH/c1-6-2-3-7(8(10)4-6)5-13-9(11)12;/h2-4H,5H2,1H3,(H4,11,12,13);1H. The molecule has 0 bridgehead atoms. The Morgan fingerprint density at radius 2 is 2.07 bits per heavy atom. The molecule has 0 aliphatic heterocycles. The van der Waals surface area contributed by atoms with E-state index in [1.54, 1.807) is 6.07 Å². The van der Waals surface area contributed by atoms with Gasteiger partial charge in [0.25, 0.3) is 0 Å². The summed E-state index contributed by atoms with van der Waals surface area (Å²) in [6.45, 7) is 2.02. The first kappa shape index (κ1) is 12.7. The van der Waals surface area contributed by atoms with E-state index in [0.29, 0.717) is 5.56 Å². The van der Waals surface area contributed by atoms with E-state index in [0.717, 1.165) is 5.56 Å². The van der Waals surface area contributed by atoms with Gasteiger partial charge in [-0.05, 0) is 18.6 Å². The average Bonchev–Trinajstić information content (AvgIpc) is 2.02. The summed E-state index contributed by atoms with van der Waals surface area (Å²) in [6.07, 6.45) is 0. The van der Waals surface area contributed by atoms with Crippen LogP contribution in [0.2, 0.25) is 0 Å². The van der Waals surface area contributed by atoms with Gasteiger partial charge >= 0.3 is 0 Å². The Balaban J connectivity index is 0.00000169. The molecule has 0 atom stereocenters. The zero-order valence-electron chi connectivity index (χ0n) is 7.83. The monoisotopic (exact) mass is 217 g/mol. The third kappa shape index (κ3) is 3.62. The van der Waals surface area contributed by atoms with E-state index < -0.39 is 0 Å². The minimum absolute atomic E-state index is 0. The van der Waals surface area contributed by atoms with Crippen molar-refractivity contribution in [2.24, 2.45) is 16.5 Å². The van der Waals surface area contributed by atoms with Crippen molar-refractivity contribution in [3.63, 3.8) is 0 Å². The fraction of sp³-hybridized carbons (Fsp3) is 0.222. The second-order valence-corrected chi connectivity index (χ2v) is 2.84. The van der Waals surface area contributed by atoms with E-state index in [1.807, 2.05) is 13.0 Å². The van der Waals surface area contributed by atoms with Gasteiger partial charge in [-0.2, -0.15) is 0 Å². The minimum atomic E-state index is -0.273. The third-order valence-electron chi connectivity index (χ3n) is 1.64. The van der Waals surface area contributed by atoms with Crippen molar-refractivity contribution in [2.45, 2.75) is 13.5 Å². The topological polar surface area (TPSA) is 64.4 Å². The maximum atomic E-state index is 13.1. The van der Waals surface area contributed by atoms with Crippen molar-refractivity contribution < 1.29 is 4.39 Å². The molecule has 14 heavy (non-hydrogen) atoms. The number of aryl methyl sites for hydroxylation is 1. The lowest BCUT2D eigenvalue weighted by Gasteiger charge is -2.00. The van der Waals surface area contributed by atoms with Gasteiger partial charge in [0, 0.05) is 5.56 Å². The van der Waals surface area contributed by atoms with Crippen molar-refractivity contribution in [2.75, 3.05) is 0 Å². The Bertz CT molecular complexity index is 335. The van der Waals surface area contributed by atoms with Crippen molar-refractivity contribution >= 4 is 18.4 Å². The summed E-state index contributed by atoms with van der Waals surface area (Å²) in [4.78, 5) is 3.72. The van der Waals surface area contributed by atoms with E-state index in [1.165, 1.54) is 6.07 Å². The minimum Gasteiger partial charge on any atom is -0.370 e. The summed E-state index contributed by atoms with van der Waals surface area (Å²) in [5, 5.41) is 0. The lowest BCUT2D eigenvalue weighted by atomic mass is 10.1. The molecule has 0 fully saturated rings. The fourth-order valence-corrected chi connectivity index (χ4v) is 0.957. The number of hydrogen-bond donors (Lipinski definition) is 2. The fourth-order valence-electron chi connectivity index (χ4n) is 0.957. The number of aliphatic imine (C=N–C) groups is 1. The van der Waals surface area contributed by atoms with Crippen LogP contribution in [0, 0.1) is 12.7 Å². The average molecular weight is 218 g/mol. The molecule has 1 aromatic carbocycles. The van der Waals surface area contributed by atoms with Crippen LogP contribution in [-0.2, 0) is 6.54 Å². The lowest BCUT2D eigenvalue weighted by Crippen LogP contribution is -2.22. The van der Waals surface area contributed by atoms with Crippen LogP contribution < -0.4 is 11.5 Å². The van der Waals surface area contributed by atoms with Crippen LogP contribution in [0.15, 0.2) is 23.2 Å². The molecule has 3 nitrogen and oxygen atoms in total. The second kappa shape index (κ2) is 5.44. The van der Waals surface area contributed by atoms with Crippen molar-refractivity contribution in [3.8, 4) is 0 Å². The van der Waals surface area contributed by atoms with E-state index in [9.17, 15) is 4.39 Å². The van der Waals surface area contributed by atoms with Crippen molar-refractivity contribution in [1.29, 1.82) is 0 Å². The summed E-state index contributed by atoms with van der Waals surface area (Å²) in [5.41, 5.74) is 11.6. The molecule has 0 aliphatic carbocycles. The van der Waals surface area contributed by atoms with Gasteiger partial charge in [-0.1, -0.05) is 12.1 Å². The van der Waals surface area contributed by atoms with Gasteiger partial charge in [0.05, 0.1) is 6.54 Å². The molecular formula is C9H13ClFN3. The molecule has 1 aromatic rings. The van der Waals surface area contributed by atoms with Gasteiger partial charge in [-0.15, -0.1) is 12.4 Å². The number of halogens is 2. The summed E-state index contributed by atoms with van der Waals surface area (Å²) in [5.74, 6) is -0.301. The first-order valence-electron chi connectivity index (χ1n) is 3.90. The van der Waals surface area contributed by atoms with Crippen LogP contribution in [0.3, 0.4) is 0 Å². The number of hydrogen-bond acceptors (Lipinski definition) is 1. The molecule has 1 rings (SSSR count). The number of nitrogens with zero attached hydrogens (tertiary/aromatic N) is 1. The van der Waals surface area contributed by atoms with Crippen LogP contribution in [0.4, 0.5) is 4.39 Å². The second-order valence-electron chi connectivity index (χ2n) is 2.84. The molecule has 78 valence electrons. The van der Waals surface area contributed by atoms with Gasteiger partial charge in [-0.3, -0.25) is 0 Å². The SMILES string of the molecule is Cc1ccc(CN=C(N)N)c(F)c1.Cl. The number of nitrogens with two attached hydrogens (primary N) is 2. The molecule has 0 saturated heterocycles. The highest BCUT2D eigenvalue weighted by molar-refractivity contribution is 5.85. The quantitative estimate of drug-likeness (QED) is 0.580. The van der Waals surface area contributed by atoms with E-state index in [4.69, 9.17) is 11.5 Å². The van der Waals surface area contributed by atoms with Crippen molar-refractivity contribution in [1.82, 2.24) is 0 Å². The van der Waals surface area contributed by atoms with E-state index >= 15 is 0 Å². The van der Waals surface area contributed by atoms with Crippen LogP contribution >= 0.6 is 12.4 Å². The summed E-state index contributed by atoms with van der Waals surface area (Å²) in [7, 11) is 0. The zero-order valence-corrected chi connectivity index (χ0v) is 8.64. The molecule has 0 aliphatic rings. The lowest BCUT2D eigenvalue weighted by molar-refractivity contribution is 0.609. The normalized spacial score (nSPS) is 9.00. The Morgan fingerprint density at radius 1 is 1.43 bits per heavy atom. The highest BCUT2D eigenvalue weighted by Gasteiger charge is 2.00. The largest absolute Gasteiger partial charge is 0.370 e. The summed E-state index contributed by atoms with van der Waals surface area (Å²) in [6, 6.07) is 4.95. The third-order valence-corrected chi connectivity index (χ3v) is 1.64. The Kier molecular flexibility index (Phi) is 4.94. The molecule has 0 spiro atoms. The first-order valence-corrected chi connectivity index (χ1v) is 3.90. The molecule has 0 unspecified atom stereocenters. The predicted molar refractivity (Wildman–Crippen MR) is 57.9 cm³/mol. The van der Waals surface area contributed by atoms with Crippen LogP contribution in [0.25, 0.3) is 0 Å². The van der Waals surface area contributed by atoms with Gasteiger partial charge in [-0.25, -0.2) is 9.38 Å². The predicted octanol–water partition coefficient (Wildman–Crippen LogP) is 1.33.